The summed E-state index contributed by atoms with van der Waals surface area (Å²) in [5, 5.41) is 14.1. The zero-order valence-corrected chi connectivity index (χ0v) is 21.8. The zero-order chi connectivity index (χ0) is 26.6. The van der Waals surface area contributed by atoms with Crippen molar-refractivity contribution >= 4 is 28.4 Å². The van der Waals surface area contributed by atoms with Gasteiger partial charge in [0.1, 0.15) is 17.2 Å². The number of aromatic nitrogens is 5. The molecule has 2 aliphatic rings. The molecule has 9 nitrogen and oxygen atoms in total. The summed E-state index contributed by atoms with van der Waals surface area (Å²) in [7, 11) is 0. The van der Waals surface area contributed by atoms with Gasteiger partial charge in [0.15, 0.2) is 5.65 Å². The number of hydrogen-bond acceptors (Lipinski definition) is 7. The molecule has 1 aromatic carbocycles. The minimum Gasteiger partial charge on any atom is -0.355 e. The van der Waals surface area contributed by atoms with E-state index in [9.17, 15) is 14.4 Å². The van der Waals surface area contributed by atoms with Crippen LogP contribution in [0.5, 0.6) is 0 Å². The van der Waals surface area contributed by atoms with Crippen LogP contribution in [-0.2, 0) is 0 Å². The maximum Gasteiger partial charge on any atom is 0.256 e. The van der Waals surface area contributed by atoms with Gasteiger partial charge in [-0.25, -0.2) is 23.9 Å². The van der Waals surface area contributed by atoms with Crippen LogP contribution in [-0.4, -0.2) is 55.0 Å². The van der Waals surface area contributed by atoms with Crippen LogP contribution in [0.3, 0.4) is 0 Å². The lowest BCUT2D eigenvalue weighted by atomic mass is 9.97. The highest BCUT2D eigenvalue weighted by Crippen LogP contribution is 2.34. The lowest BCUT2D eigenvalue weighted by Crippen LogP contribution is -2.39. The van der Waals surface area contributed by atoms with Crippen molar-refractivity contribution in [1.29, 1.82) is 5.26 Å². The molecule has 0 unspecified atom stereocenters. The first-order valence-electron chi connectivity index (χ1n) is 13.1. The summed E-state index contributed by atoms with van der Waals surface area (Å²) in [6, 6.07) is 6.64. The van der Waals surface area contributed by atoms with Crippen molar-refractivity contribution in [2.45, 2.75) is 52.5 Å². The van der Waals surface area contributed by atoms with Gasteiger partial charge in [-0.15, -0.1) is 0 Å². The third-order valence-electron chi connectivity index (χ3n) is 7.78. The van der Waals surface area contributed by atoms with Gasteiger partial charge in [-0.3, -0.25) is 4.79 Å². The van der Waals surface area contributed by atoms with Crippen molar-refractivity contribution in [2.75, 3.05) is 24.5 Å². The largest absolute Gasteiger partial charge is 0.355 e. The number of carbonyl (C=O) groups is 1. The van der Waals surface area contributed by atoms with E-state index in [-0.39, 0.29) is 23.4 Å². The van der Waals surface area contributed by atoms with E-state index in [1.54, 1.807) is 9.42 Å². The molecule has 2 atom stereocenters. The van der Waals surface area contributed by atoms with Gasteiger partial charge in [0.05, 0.1) is 46.2 Å². The normalized spacial score (nSPS) is 19.9. The van der Waals surface area contributed by atoms with E-state index in [1.165, 1.54) is 12.1 Å². The Bertz CT molecular complexity index is 1620. The third kappa shape index (κ3) is 4.12. The molecule has 4 aromatic rings. The number of piperidine rings is 1. The van der Waals surface area contributed by atoms with E-state index < -0.39 is 5.82 Å². The second-order valence-corrected chi connectivity index (χ2v) is 10.4. The highest BCUT2D eigenvalue weighted by molar-refractivity contribution is 6.05. The highest BCUT2D eigenvalue weighted by Gasteiger charge is 2.33. The van der Waals surface area contributed by atoms with E-state index in [1.807, 2.05) is 33.0 Å². The molecule has 5 heterocycles. The Morgan fingerprint density at radius 3 is 2.66 bits per heavy atom. The first kappa shape index (κ1) is 24.2. The molecule has 0 bridgehead atoms. The van der Waals surface area contributed by atoms with Crippen molar-refractivity contribution in [2.24, 2.45) is 5.92 Å². The average Bonchev–Trinajstić information content (AvgIpc) is 3.55. The number of nitrogens with zero attached hydrogens (tertiary/aromatic N) is 8. The summed E-state index contributed by atoms with van der Waals surface area (Å²) in [6.45, 7) is 7.69. The molecule has 6 rings (SSSR count). The zero-order valence-electron chi connectivity index (χ0n) is 21.8. The molecule has 0 N–H and O–H groups in total. The number of rotatable bonds is 3. The Kier molecular flexibility index (Phi) is 5.94. The van der Waals surface area contributed by atoms with Gasteiger partial charge in [-0.05, 0) is 52.5 Å². The Morgan fingerprint density at radius 2 is 1.87 bits per heavy atom. The number of hydrogen-bond donors (Lipinski definition) is 0. The monoisotopic (exact) mass is 512 g/mol. The number of anilines is 1. The number of aryl methyl sites for hydroxylation is 3. The van der Waals surface area contributed by atoms with E-state index in [0.717, 1.165) is 49.3 Å². The predicted octanol–water partition coefficient (Wildman–Crippen LogP) is 4.45. The Hall–Kier alpha value is -4.13. The summed E-state index contributed by atoms with van der Waals surface area (Å²) in [4.78, 5) is 31.8. The first-order valence-corrected chi connectivity index (χ1v) is 13.1. The van der Waals surface area contributed by atoms with Crippen LogP contribution in [0.2, 0.25) is 0 Å². The number of likely N-dealkylation sites (tertiary alicyclic amines) is 1. The molecule has 10 heteroatoms. The molecule has 1 amide bonds. The summed E-state index contributed by atoms with van der Waals surface area (Å²) in [5.41, 5.74) is 4.89. The van der Waals surface area contributed by atoms with Gasteiger partial charge < -0.3 is 9.80 Å². The SMILES string of the molecule is Cc1cn2nc([C@@H]3CCCCN3C(=O)c3cc(F)cc4nc(C)c(C)nc34)cc2nc1N1CC[C@H](C#N)C1. The smallest absolute Gasteiger partial charge is 0.256 e. The third-order valence-corrected chi connectivity index (χ3v) is 7.78. The molecule has 0 aliphatic carbocycles. The van der Waals surface area contributed by atoms with Crippen LogP contribution in [0.25, 0.3) is 16.7 Å². The van der Waals surface area contributed by atoms with E-state index in [2.05, 4.69) is 20.9 Å². The van der Waals surface area contributed by atoms with Crippen molar-refractivity contribution in [3.8, 4) is 6.07 Å². The minimum atomic E-state index is -0.507. The second-order valence-electron chi connectivity index (χ2n) is 10.4. The standard InChI is InChI=1S/C28H29FN8O/c1-16-14-37-25(33-27(16)35-9-7-19(13-30)15-35)12-22(34-37)24-6-4-5-8-36(24)28(38)21-10-20(29)11-23-26(21)32-18(3)17(2)31-23/h10-12,14,19,24H,4-9,15H2,1-3H3/t19-,24+/m1/s1. The number of amides is 1. The topological polar surface area (TPSA) is 103 Å². The predicted molar refractivity (Wildman–Crippen MR) is 140 cm³/mol. The lowest BCUT2D eigenvalue weighted by molar-refractivity contribution is 0.0607. The highest BCUT2D eigenvalue weighted by atomic mass is 19.1. The van der Waals surface area contributed by atoms with Crippen LogP contribution in [0.4, 0.5) is 10.2 Å². The van der Waals surface area contributed by atoms with Crippen molar-refractivity contribution in [3.05, 3.63) is 58.4 Å². The molecule has 2 aliphatic heterocycles. The number of fused-ring (bicyclic) bond motifs is 2. The van der Waals surface area contributed by atoms with Gasteiger partial charge in [-0.2, -0.15) is 10.4 Å². The fourth-order valence-corrected chi connectivity index (χ4v) is 5.66. The molecular weight excluding hydrogens is 483 g/mol. The van der Waals surface area contributed by atoms with Gasteiger partial charge in [0.25, 0.3) is 5.91 Å². The number of halogens is 1. The van der Waals surface area contributed by atoms with Crippen molar-refractivity contribution in [3.63, 3.8) is 0 Å². The van der Waals surface area contributed by atoms with Crippen LogP contribution < -0.4 is 4.90 Å². The van der Waals surface area contributed by atoms with Crippen LogP contribution >= 0.6 is 0 Å². The van der Waals surface area contributed by atoms with E-state index in [4.69, 9.17) is 10.1 Å². The molecule has 2 saturated heterocycles. The van der Waals surface area contributed by atoms with Crippen molar-refractivity contribution in [1.82, 2.24) is 29.5 Å². The van der Waals surface area contributed by atoms with Gasteiger partial charge >= 0.3 is 0 Å². The van der Waals surface area contributed by atoms with Crippen molar-refractivity contribution < 1.29 is 9.18 Å². The fourth-order valence-electron chi connectivity index (χ4n) is 5.66. The minimum absolute atomic E-state index is 0.0194. The van der Waals surface area contributed by atoms with Gasteiger partial charge in [-0.1, -0.05) is 0 Å². The first-order chi connectivity index (χ1) is 18.3. The van der Waals surface area contributed by atoms with Crippen LogP contribution in [0.1, 0.15) is 64.7 Å². The molecule has 0 radical (unpaired) electrons. The van der Waals surface area contributed by atoms with Crippen LogP contribution in [0, 0.1) is 43.8 Å². The molecule has 38 heavy (non-hydrogen) atoms. The number of carbonyl (C=O) groups excluding carboxylic acids is 1. The number of benzene rings is 1. The molecule has 0 saturated carbocycles. The average molecular weight is 513 g/mol. The molecular formula is C28H29FN8O. The Labute approximate surface area is 219 Å². The number of nitriles is 1. The van der Waals surface area contributed by atoms with Crippen LogP contribution in [0.15, 0.2) is 24.4 Å². The maximum atomic E-state index is 14.6. The molecule has 194 valence electrons. The van der Waals surface area contributed by atoms with Gasteiger partial charge in [0.2, 0.25) is 0 Å². The lowest BCUT2D eigenvalue weighted by Gasteiger charge is -2.35. The molecule has 0 spiro atoms. The van der Waals surface area contributed by atoms with E-state index >= 15 is 0 Å². The fraction of sp³-hybridized carbons (Fsp3) is 0.429. The molecule has 3 aromatic heterocycles. The summed E-state index contributed by atoms with van der Waals surface area (Å²) < 4.78 is 16.3. The summed E-state index contributed by atoms with van der Waals surface area (Å²) >= 11 is 0. The maximum absolute atomic E-state index is 14.6. The van der Waals surface area contributed by atoms with Gasteiger partial charge in [0, 0.05) is 43.5 Å². The van der Waals surface area contributed by atoms with E-state index in [0.29, 0.717) is 41.2 Å². The Balaban J connectivity index is 1.37. The Morgan fingerprint density at radius 1 is 1.05 bits per heavy atom. The summed E-state index contributed by atoms with van der Waals surface area (Å²) in [6.07, 6.45) is 5.38. The quantitative estimate of drug-likeness (QED) is 0.399. The summed E-state index contributed by atoms with van der Waals surface area (Å²) in [5.74, 6) is 0.116. The molecule has 2 fully saturated rings. The second kappa shape index (κ2) is 9.31.